The second-order valence-electron chi connectivity index (χ2n) is 10.0. The highest BCUT2D eigenvalue weighted by Crippen LogP contribution is 2.26. The number of Topliss-reactive ketones (excluding diaryl/α,β-unsaturated/α-hetero) is 1. The number of hydrogen-bond donors (Lipinski definition) is 0. The maximum Gasteiger partial charge on any atom is 0.147 e. The molecule has 2 aromatic heterocycles. The van der Waals surface area contributed by atoms with Crippen LogP contribution in [0.2, 0.25) is 0 Å². The molecule has 1 fully saturated rings. The number of carbonyl (C=O) groups excluding carboxylic acids is 1. The van der Waals surface area contributed by atoms with Gasteiger partial charge < -0.3 is 9.80 Å². The molecule has 1 saturated heterocycles. The molecule has 3 heterocycles. The van der Waals surface area contributed by atoms with Gasteiger partial charge in [0.05, 0.1) is 17.2 Å². The van der Waals surface area contributed by atoms with Crippen LogP contribution in [0, 0.1) is 0 Å². The van der Waals surface area contributed by atoms with Gasteiger partial charge in [0.25, 0.3) is 0 Å². The predicted molar refractivity (Wildman–Crippen MR) is 157 cm³/mol. The molecule has 0 unspecified atom stereocenters. The van der Waals surface area contributed by atoms with E-state index in [1.54, 1.807) is 0 Å². The molecule has 5 aromatic rings. The van der Waals surface area contributed by atoms with E-state index in [0.717, 1.165) is 66.1 Å². The Morgan fingerprint density at radius 3 is 2.21 bits per heavy atom. The summed E-state index contributed by atoms with van der Waals surface area (Å²) in [4.78, 5) is 31.0. The normalized spacial score (nSPS) is 13.5. The van der Waals surface area contributed by atoms with Gasteiger partial charge in [-0.05, 0) is 52.9 Å². The number of anilines is 2. The van der Waals surface area contributed by atoms with E-state index < -0.39 is 0 Å². The van der Waals surface area contributed by atoms with Gasteiger partial charge in [-0.3, -0.25) is 14.8 Å². The highest BCUT2D eigenvalue weighted by atomic mass is 16.1. The highest BCUT2D eigenvalue weighted by Gasteiger charge is 2.19. The second kappa shape index (κ2) is 11.4. The van der Waals surface area contributed by atoms with Crippen LogP contribution in [0.15, 0.2) is 104 Å². The molecule has 0 amide bonds. The fourth-order valence-corrected chi connectivity index (χ4v) is 5.14. The molecule has 1 aliphatic rings. The van der Waals surface area contributed by atoms with Crippen molar-refractivity contribution in [1.29, 1.82) is 0 Å². The van der Waals surface area contributed by atoms with Gasteiger partial charge in [0.1, 0.15) is 11.6 Å². The van der Waals surface area contributed by atoms with Crippen LogP contribution in [0.25, 0.3) is 22.2 Å². The number of piperazine rings is 1. The molecule has 39 heavy (non-hydrogen) atoms. The van der Waals surface area contributed by atoms with Crippen molar-refractivity contribution in [1.82, 2.24) is 15.0 Å². The van der Waals surface area contributed by atoms with E-state index in [-0.39, 0.29) is 5.78 Å². The Balaban J connectivity index is 1.10. The Morgan fingerprint density at radius 2 is 1.44 bits per heavy atom. The number of carbonyl (C=O) groups is 1. The maximum absolute atomic E-state index is 12.5. The number of nitrogens with zero attached hydrogens (tertiary/aromatic N) is 5. The Labute approximate surface area is 229 Å². The summed E-state index contributed by atoms with van der Waals surface area (Å²) in [6.07, 6.45) is 7.39. The third kappa shape index (κ3) is 5.96. The fraction of sp³-hybridized carbons (Fsp3) is 0.212. The molecule has 3 aromatic carbocycles. The Hall–Kier alpha value is -4.58. The van der Waals surface area contributed by atoms with Gasteiger partial charge in [0.2, 0.25) is 0 Å². The van der Waals surface area contributed by atoms with Crippen LogP contribution in [0.3, 0.4) is 0 Å². The monoisotopic (exact) mass is 513 g/mol. The van der Waals surface area contributed by atoms with Gasteiger partial charge in [-0.15, -0.1) is 0 Å². The Kier molecular flexibility index (Phi) is 7.25. The van der Waals surface area contributed by atoms with Crippen molar-refractivity contribution >= 4 is 28.3 Å². The average molecular weight is 514 g/mol. The summed E-state index contributed by atoms with van der Waals surface area (Å²) in [5.41, 5.74) is 7.44. The number of hydrogen-bond acceptors (Lipinski definition) is 6. The summed E-state index contributed by atoms with van der Waals surface area (Å²) in [5, 5.41) is 0. The van der Waals surface area contributed by atoms with Crippen molar-refractivity contribution in [3.05, 3.63) is 115 Å². The highest BCUT2D eigenvalue weighted by molar-refractivity contribution is 5.83. The standard InChI is InChI=1S/C33H31N5O/c39-30(12-8-25-4-2-1-3-5-25)22-26-6-9-27(10-7-26)28-11-13-31-32(23-28)36-33(24-35-31)38-20-18-37(19-21-38)29-14-16-34-17-15-29/h1-7,9-11,13-17,23-24H,8,12,18-22H2. The average Bonchev–Trinajstić information content (AvgIpc) is 3.01. The molecule has 1 aliphatic heterocycles. The van der Waals surface area contributed by atoms with E-state index in [1.807, 2.05) is 42.9 Å². The van der Waals surface area contributed by atoms with Gasteiger partial charge in [-0.2, -0.15) is 0 Å². The first kappa shape index (κ1) is 24.7. The predicted octanol–water partition coefficient (Wildman–Crippen LogP) is 5.76. The number of aromatic nitrogens is 3. The Bertz CT molecular complexity index is 1550. The van der Waals surface area contributed by atoms with Crippen LogP contribution in [-0.4, -0.2) is 46.9 Å². The summed E-state index contributed by atoms with van der Waals surface area (Å²) in [6, 6.07) is 28.8. The zero-order valence-electron chi connectivity index (χ0n) is 21.9. The lowest BCUT2D eigenvalue weighted by Gasteiger charge is -2.36. The molecule has 0 spiro atoms. The number of pyridine rings is 1. The zero-order valence-corrected chi connectivity index (χ0v) is 21.9. The lowest BCUT2D eigenvalue weighted by Crippen LogP contribution is -2.46. The summed E-state index contributed by atoms with van der Waals surface area (Å²) in [5.74, 6) is 1.18. The fourth-order valence-electron chi connectivity index (χ4n) is 5.14. The van der Waals surface area contributed by atoms with Crippen molar-refractivity contribution in [2.24, 2.45) is 0 Å². The topological polar surface area (TPSA) is 62.2 Å². The van der Waals surface area contributed by atoms with E-state index in [4.69, 9.17) is 9.97 Å². The molecule has 6 rings (SSSR count). The summed E-state index contributed by atoms with van der Waals surface area (Å²) >= 11 is 0. The van der Waals surface area contributed by atoms with E-state index in [2.05, 4.69) is 75.4 Å². The van der Waals surface area contributed by atoms with Crippen LogP contribution in [-0.2, 0) is 17.6 Å². The quantitative estimate of drug-likeness (QED) is 0.263. The van der Waals surface area contributed by atoms with Crippen LogP contribution in [0.1, 0.15) is 17.5 Å². The van der Waals surface area contributed by atoms with Crippen LogP contribution >= 0.6 is 0 Å². The van der Waals surface area contributed by atoms with Crippen LogP contribution < -0.4 is 9.80 Å². The smallest absolute Gasteiger partial charge is 0.147 e. The molecule has 0 atom stereocenters. The molecule has 0 aliphatic carbocycles. The lowest BCUT2D eigenvalue weighted by molar-refractivity contribution is -0.118. The van der Waals surface area contributed by atoms with Crippen molar-refractivity contribution in [2.45, 2.75) is 19.3 Å². The van der Waals surface area contributed by atoms with Gasteiger partial charge >= 0.3 is 0 Å². The van der Waals surface area contributed by atoms with Gasteiger partial charge in [-0.1, -0.05) is 60.7 Å². The van der Waals surface area contributed by atoms with Gasteiger partial charge in [0, 0.05) is 57.1 Å². The molecule has 6 heteroatoms. The molecular weight excluding hydrogens is 482 g/mol. The van der Waals surface area contributed by atoms with Gasteiger partial charge in [0.15, 0.2) is 0 Å². The SMILES string of the molecule is O=C(CCc1ccccc1)Cc1ccc(-c2ccc3ncc(N4CCN(c5ccncc5)CC4)nc3c2)cc1. The second-order valence-corrected chi connectivity index (χ2v) is 10.0. The third-order valence-electron chi connectivity index (χ3n) is 7.38. The van der Waals surface area contributed by atoms with Crippen LogP contribution in [0.4, 0.5) is 11.5 Å². The van der Waals surface area contributed by atoms with E-state index in [0.29, 0.717) is 12.8 Å². The number of benzene rings is 3. The largest absolute Gasteiger partial charge is 0.368 e. The number of aryl methyl sites for hydroxylation is 1. The van der Waals surface area contributed by atoms with E-state index in [9.17, 15) is 4.79 Å². The summed E-state index contributed by atoms with van der Waals surface area (Å²) in [7, 11) is 0. The molecule has 0 bridgehead atoms. The molecule has 6 nitrogen and oxygen atoms in total. The van der Waals surface area contributed by atoms with Crippen molar-refractivity contribution in [2.75, 3.05) is 36.0 Å². The first-order valence-corrected chi connectivity index (χ1v) is 13.5. The molecule has 194 valence electrons. The first-order valence-electron chi connectivity index (χ1n) is 13.5. The minimum Gasteiger partial charge on any atom is -0.368 e. The molecule has 0 radical (unpaired) electrons. The Morgan fingerprint density at radius 1 is 0.718 bits per heavy atom. The van der Waals surface area contributed by atoms with Crippen molar-refractivity contribution in [3.8, 4) is 11.1 Å². The molecule has 0 saturated carbocycles. The lowest BCUT2D eigenvalue weighted by atomic mass is 9.99. The van der Waals surface area contributed by atoms with Crippen molar-refractivity contribution < 1.29 is 4.79 Å². The molecule has 0 N–H and O–H groups in total. The minimum absolute atomic E-state index is 0.265. The maximum atomic E-state index is 12.5. The summed E-state index contributed by atoms with van der Waals surface area (Å²) in [6.45, 7) is 3.66. The zero-order chi connectivity index (χ0) is 26.4. The number of rotatable bonds is 8. The minimum atomic E-state index is 0.265. The van der Waals surface area contributed by atoms with Crippen molar-refractivity contribution in [3.63, 3.8) is 0 Å². The first-order chi connectivity index (χ1) is 19.2. The van der Waals surface area contributed by atoms with Crippen LogP contribution in [0.5, 0.6) is 0 Å². The summed E-state index contributed by atoms with van der Waals surface area (Å²) < 4.78 is 0. The number of fused-ring (bicyclic) bond motifs is 1. The molecular formula is C33H31N5O. The van der Waals surface area contributed by atoms with E-state index in [1.165, 1.54) is 11.3 Å². The van der Waals surface area contributed by atoms with Gasteiger partial charge in [-0.25, -0.2) is 4.98 Å². The third-order valence-corrected chi connectivity index (χ3v) is 7.38. The number of ketones is 1. The van der Waals surface area contributed by atoms with E-state index >= 15 is 0 Å².